The van der Waals surface area contributed by atoms with Crippen LogP contribution in [-0.4, -0.2) is 25.2 Å². The summed E-state index contributed by atoms with van der Waals surface area (Å²) in [6.07, 6.45) is 2.78. The fraction of sp³-hybridized carbons (Fsp3) is 0.100. The largest absolute Gasteiger partial charge is 0.456 e. The van der Waals surface area contributed by atoms with Gasteiger partial charge in [0.15, 0.2) is 5.65 Å². The van der Waals surface area contributed by atoms with Gasteiger partial charge in [-0.05, 0) is 36.4 Å². The summed E-state index contributed by atoms with van der Waals surface area (Å²) >= 11 is 6.08. The van der Waals surface area contributed by atoms with Crippen LogP contribution in [0, 0.1) is 0 Å². The van der Waals surface area contributed by atoms with Crippen LogP contribution in [0.1, 0.15) is 0 Å². The molecule has 4 rings (SSSR count). The zero-order valence-corrected chi connectivity index (χ0v) is 16.1. The Bertz CT molecular complexity index is 1250. The molecule has 0 aliphatic heterocycles. The SMILES string of the molecule is Cn1ncc2c(=O)n(CC(=O)Nc3ccc(Oc4ccccc4Cl)cc3)cnc21. The van der Waals surface area contributed by atoms with Crippen LogP contribution in [-0.2, 0) is 18.4 Å². The first-order valence-electron chi connectivity index (χ1n) is 8.71. The average molecular weight is 410 g/mol. The number of amides is 1. The Morgan fingerprint density at radius 2 is 1.93 bits per heavy atom. The van der Waals surface area contributed by atoms with E-state index in [2.05, 4.69) is 15.4 Å². The quantitative estimate of drug-likeness (QED) is 0.546. The fourth-order valence-corrected chi connectivity index (χ4v) is 2.97. The normalized spacial score (nSPS) is 10.8. The second-order valence-corrected chi connectivity index (χ2v) is 6.70. The molecule has 0 spiro atoms. The monoisotopic (exact) mass is 409 g/mol. The highest BCUT2D eigenvalue weighted by atomic mass is 35.5. The van der Waals surface area contributed by atoms with Crippen LogP contribution in [0.2, 0.25) is 5.02 Å². The summed E-state index contributed by atoms with van der Waals surface area (Å²) < 4.78 is 8.47. The van der Waals surface area contributed by atoms with Gasteiger partial charge in [0.25, 0.3) is 5.56 Å². The van der Waals surface area contributed by atoms with Gasteiger partial charge in [-0.3, -0.25) is 18.8 Å². The number of fused-ring (bicyclic) bond motifs is 1. The number of para-hydroxylation sites is 1. The van der Waals surface area contributed by atoms with Gasteiger partial charge in [0.1, 0.15) is 29.8 Å². The number of aromatic nitrogens is 4. The first-order chi connectivity index (χ1) is 14.0. The number of carbonyl (C=O) groups is 1. The van der Waals surface area contributed by atoms with Crippen LogP contribution in [0.25, 0.3) is 11.0 Å². The van der Waals surface area contributed by atoms with Crippen molar-refractivity contribution in [2.45, 2.75) is 6.54 Å². The van der Waals surface area contributed by atoms with Crippen LogP contribution < -0.4 is 15.6 Å². The smallest absolute Gasteiger partial charge is 0.264 e. The van der Waals surface area contributed by atoms with Crippen LogP contribution in [0.15, 0.2) is 65.8 Å². The summed E-state index contributed by atoms with van der Waals surface area (Å²) in [7, 11) is 1.70. The van der Waals surface area contributed by atoms with E-state index in [9.17, 15) is 9.59 Å². The third-order valence-corrected chi connectivity index (χ3v) is 4.55. The van der Waals surface area contributed by atoms with E-state index in [1.54, 1.807) is 43.4 Å². The maximum Gasteiger partial charge on any atom is 0.264 e. The molecule has 2 aromatic heterocycles. The maximum atomic E-state index is 12.4. The van der Waals surface area contributed by atoms with Crippen LogP contribution >= 0.6 is 11.6 Å². The van der Waals surface area contributed by atoms with Crippen molar-refractivity contribution in [3.8, 4) is 11.5 Å². The summed E-state index contributed by atoms with van der Waals surface area (Å²) in [5.74, 6) is 0.777. The van der Waals surface area contributed by atoms with E-state index in [-0.39, 0.29) is 18.0 Å². The summed E-state index contributed by atoms with van der Waals surface area (Å²) in [6.45, 7) is -0.158. The van der Waals surface area contributed by atoms with E-state index < -0.39 is 0 Å². The Labute approximate surface area is 170 Å². The van der Waals surface area contributed by atoms with Gasteiger partial charge in [-0.1, -0.05) is 23.7 Å². The number of nitrogens with zero attached hydrogens (tertiary/aromatic N) is 4. The molecule has 0 unspecified atom stereocenters. The van der Waals surface area contributed by atoms with Crippen LogP contribution in [0.4, 0.5) is 5.69 Å². The molecular formula is C20H16ClN5O3. The van der Waals surface area contributed by atoms with Gasteiger partial charge in [0.2, 0.25) is 5.91 Å². The van der Waals surface area contributed by atoms with E-state index in [0.717, 1.165) is 0 Å². The predicted octanol–water partition coefficient (Wildman–Crippen LogP) is 3.21. The van der Waals surface area contributed by atoms with E-state index in [1.165, 1.54) is 21.8 Å². The number of ether oxygens (including phenoxy) is 1. The third kappa shape index (κ3) is 3.97. The summed E-state index contributed by atoms with van der Waals surface area (Å²) in [4.78, 5) is 28.9. The maximum absolute atomic E-state index is 12.4. The molecular weight excluding hydrogens is 394 g/mol. The number of carbonyl (C=O) groups excluding carboxylic acids is 1. The van der Waals surface area contributed by atoms with Crippen molar-refractivity contribution in [2.75, 3.05) is 5.32 Å². The number of rotatable bonds is 5. The Morgan fingerprint density at radius 1 is 1.17 bits per heavy atom. The molecule has 0 saturated heterocycles. The Hall–Kier alpha value is -3.65. The second kappa shape index (κ2) is 7.76. The molecule has 2 heterocycles. The van der Waals surface area contributed by atoms with Crippen LogP contribution in [0.5, 0.6) is 11.5 Å². The lowest BCUT2D eigenvalue weighted by Gasteiger charge is -2.10. The minimum absolute atomic E-state index is 0.158. The van der Waals surface area contributed by atoms with Crippen molar-refractivity contribution in [3.05, 3.63) is 76.4 Å². The molecule has 0 atom stereocenters. The molecule has 0 radical (unpaired) electrons. The van der Waals surface area contributed by atoms with Crippen molar-refractivity contribution in [1.29, 1.82) is 0 Å². The highest BCUT2D eigenvalue weighted by molar-refractivity contribution is 6.32. The Morgan fingerprint density at radius 3 is 2.69 bits per heavy atom. The minimum atomic E-state index is -0.350. The second-order valence-electron chi connectivity index (χ2n) is 6.29. The lowest BCUT2D eigenvalue weighted by atomic mass is 10.3. The molecule has 8 nitrogen and oxygen atoms in total. The Balaban J connectivity index is 1.43. The number of anilines is 1. The highest BCUT2D eigenvalue weighted by Crippen LogP contribution is 2.29. The molecule has 1 amide bonds. The van der Waals surface area contributed by atoms with E-state index >= 15 is 0 Å². The molecule has 4 aromatic rings. The standard InChI is InChI=1S/C20H16ClN5O3/c1-25-19-15(10-23-25)20(28)26(12-22-19)11-18(27)24-13-6-8-14(9-7-13)29-17-5-3-2-4-16(17)21/h2-10,12H,11H2,1H3,(H,24,27). The highest BCUT2D eigenvalue weighted by Gasteiger charge is 2.11. The van der Waals surface area contributed by atoms with Crippen molar-refractivity contribution >= 4 is 34.2 Å². The van der Waals surface area contributed by atoms with E-state index in [0.29, 0.717) is 33.2 Å². The molecule has 0 fully saturated rings. The van der Waals surface area contributed by atoms with Gasteiger partial charge in [-0.25, -0.2) is 4.98 Å². The topological polar surface area (TPSA) is 91.0 Å². The first kappa shape index (κ1) is 18.7. The predicted molar refractivity (Wildman–Crippen MR) is 109 cm³/mol. The fourth-order valence-electron chi connectivity index (χ4n) is 2.80. The average Bonchev–Trinajstić information content (AvgIpc) is 3.09. The van der Waals surface area contributed by atoms with Gasteiger partial charge >= 0.3 is 0 Å². The van der Waals surface area contributed by atoms with Crippen molar-refractivity contribution in [3.63, 3.8) is 0 Å². The number of benzene rings is 2. The van der Waals surface area contributed by atoms with Crippen molar-refractivity contribution in [2.24, 2.45) is 7.05 Å². The summed E-state index contributed by atoms with van der Waals surface area (Å²) in [5.41, 5.74) is 0.729. The minimum Gasteiger partial charge on any atom is -0.456 e. The lowest BCUT2D eigenvalue weighted by molar-refractivity contribution is -0.116. The summed E-state index contributed by atoms with van der Waals surface area (Å²) in [5, 5.41) is 7.63. The van der Waals surface area contributed by atoms with Gasteiger partial charge in [-0.15, -0.1) is 0 Å². The number of halogens is 1. The van der Waals surface area contributed by atoms with E-state index in [1.807, 2.05) is 12.1 Å². The van der Waals surface area contributed by atoms with Gasteiger partial charge in [-0.2, -0.15) is 5.10 Å². The molecule has 2 aromatic carbocycles. The number of hydrogen-bond donors (Lipinski definition) is 1. The number of aryl methyl sites for hydroxylation is 1. The molecule has 0 aliphatic rings. The summed E-state index contributed by atoms with van der Waals surface area (Å²) in [6, 6.07) is 14.0. The van der Waals surface area contributed by atoms with Gasteiger partial charge < -0.3 is 10.1 Å². The van der Waals surface area contributed by atoms with Crippen molar-refractivity contribution in [1.82, 2.24) is 19.3 Å². The molecule has 29 heavy (non-hydrogen) atoms. The molecule has 0 saturated carbocycles. The van der Waals surface area contributed by atoms with E-state index in [4.69, 9.17) is 16.3 Å². The molecule has 1 N–H and O–H groups in total. The molecule has 9 heteroatoms. The van der Waals surface area contributed by atoms with Crippen LogP contribution in [0.3, 0.4) is 0 Å². The number of hydrogen-bond acceptors (Lipinski definition) is 5. The first-order valence-corrected chi connectivity index (χ1v) is 9.08. The van der Waals surface area contributed by atoms with Gasteiger partial charge in [0.05, 0.1) is 11.2 Å². The number of nitrogens with one attached hydrogen (secondary N) is 1. The Kier molecular flexibility index (Phi) is 5.01. The van der Waals surface area contributed by atoms with Gasteiger partial charge in [0, 0.05) is 12.7 Å². The zero-order valence-electron chi connectivity index (χ0n) is 15.4. The third-order valence-electron chi connectivity index (χ3n) is 4.23. The zero-order chi connectivity index (χ0) is 20.4. The molecule has 146 valence electrons. The molecule has 0 bridgehead atoms. The lowest BCUT2D eigenvalue weighted by Crippen LogP contribution is -2.27. The molecule has 0 aliphatic carbocycles. The van der Waals surface area contributed by atoms with Crippen molar-refractivity contribution < 1.29 is 9.53 Å².